The van der Waals surface area contributed by atoms with Gasteiger partial charge in [0.2, 0.25) is 10.0 Å². The van der Waals surface area contributed by atoms with Crippen molar-refractivity contribution in [2.45, 2.75) is 37.8 Å². The first-order chi connectivity index (χ1) is 9.72. The molecule has 21 heavy (non-hydrogen) atoms. The summed E-state index contributed by atoms with van der Waals surface area (Å²) in [4.78, 5) is 12.5. The van der Waals surface area contributed by atoms with Crippen LogP contribution in [0.1, 0.15) is 20.3 Å². The van der Waals surface area contributed by atoms with Gasteiger partial charge in [-0.3, -0.25) is 9.48 Å². The third-order valence-corrected chi connectivity index (χ3v) is 4.53. The van der Waals surface area contributed by atoms with Crippen LogP contribution in [0, 0.1) is 0 Å². The lowest BCUT2D eigenvalue weighted by molar-refractivity contribution is -0.137. The van der Waals surface area contributed by atoms with Crippen LogP contribution in [-0.4, -0.2) is 60.4 Å². The molecule has 0 aliphatic heterocycles. The maximum absolute atomic E-state index is 12.0. The molecular weight excluding hydrogens is 296 g/mol. The van der Waals surface area contributed by atoms with E-state index in [0.717, 1.165) is 0 Å². The Bertz CT molecular complexity index is 568. The topological polar surface area (TPSA) is 105 Å². The van der Waals surface area contributed by atoms with Gasteiger partial charge in [0, 0.05) is 25.3 Å². The number of sulfonamides is 1. The molecule has 1 rings (SSSR count). The molecule has 0 unspecified atom stereocenters. The summed E-state index contributed by atoms with van der Waals surface area (Å²) in [5, 5.41) is 12.4. The summed E-state index contributed by atoms with van der Waals surface area (Å²) in [5.74, 6) is -0.954. The van der Waals surface area contributed by atoms with E-state index < -0.39 is 16.0 Å². The molecule has 1 heterocycles. The minimum Gasteiger partial charge on any atom is -0.481 e. The van der Waals surface area contributed by atoms with Crippen molar-refractivity contribution in [1.82, 2.24) is 19.4 Å². The highest BCUT2D eigenvalue weighted by molar-refractivity contribution is 7.89. The van der Waals surface area contributed by atoms with Crippen molar-refractivity contribution in [2.24, 2.45) is 0 Å². The first kappa shape index (κ1) is 17.6. The molecule has 2 N–H and O–H groups in total. The average Bonchev–Trinajstić information content (AvgIpc) is 2.85. The number of carbonyl (C=O) groups is 1. The van der Waals surface area contributed by atoms with E-state index in [1.54, 1.807) is 0 Å². The lowest BCUT2D eigenvalue weighted by Gasteiger charge is -2.20. The number of aryl methyl sites for hydroxylation is 1. The summed E-state index contributed by atoms with van der Waals surface area (Å²) in [5.41, 5.74) is 0. The van der Waals surface area contributed by atoms with Gasteiger partial charge < -0.3 is 10.0 Å². The fourth-order valence-corrected chi connectivity index (χ4v) is 2.49. The van der Waals surface area contributed by atoms with Gasteiger partial charge in [-0.25, -0.2) is 13.1 Å². The van der Waals surface area contributed by atoms with E-state index in [1.807, 2.05) is 25.8 Å². The van der Waals surface area contributed by atoms with Crippen LogP contribution < -0.4 is 4.72 Å². The third-order valence-electron chi connectivity index (χ3n) is 3.11. The molecule has 0 saturated carbocycles. The van der Waals surface area contributed by atoms with Crippen molar-refractivity contribution in [1.29, 1.82) is 0 Å². The van der Waals surface area contributed by atoms with E-state index in [9.17, 15) is 13.2 Å². The van der Waals surface area contributed by atoms with Crippen molar-refractivity contribution in [3.8, 4) is 0 Å². The standard InChI is InChI=1S/C12H22N4O4S/c1-10(2)15(3)7-5-14-21(19,20)11-8-13-16(9-11)6-4-12(17)18/h8-10,14H,4-7H2,1-3H3,(H,17,18). The van der Waals surface area contributed by atoms with Gasteiger partial charge in [0.15, 0.2) is 0 Å². The van der Waals surface area contributed by atoms with Gasteiger partial charge in [-0.2, -0.15) is 5.10 Å². The van der Waals surface area contributed by atoms with E-state index in [0.29, 0.717) is 19.1 Å². The second-order valence-corrected chi connectivity index (χ2v) is 6.82. The highest BCUT2D eigenvalue weighted by Crippen LogP contribution is 2.07. The van der Waals surface area contributed by atoms with E-state index in [4.69, 9.17) is 5.11 Å². The molecule has 0 aliphatic carbocycles. The summed E-state index contributed by atoms with van der Waals surface area (Å²) in [6, 6.07) is 0.341. The first-order valence-electron chi connectivity index (χ1n) is 6.66. The number of hydrogen-bond donors (Lipinski definition) is 2. The maximum atomic E-state index is 12.0. The highest BCUT2D eigenvalue weighted by Gasteiger charge is 2.16. The molecule has 0 atom stereocenters. The Hall–Kier alpha value is -1.45. The molecule has 0 amide bonds. The molecule has 0 bridgehead atoms. The number of rotatable bonds is 9. The quantitative estimate of drug-likeness (QED) is 0.663. The number of nitrogens with zero attached hydrogens (tertiary/aromatic N) is 3. The fraction of sp³-hybridized carbons (Fsp3) is 0.667. The van der Waals surface area contributed by atoms with Gasteiger partial charge in [0.05, 0.1) is 19.2 Å². The summed E-state index contributed by atoms with van der Waals surface area (Å²) < 4.78 is 27.9. The predicted octanol–water partition coefficient (Wildman–Crippen LogP) is -0.0237. The van der Waals surface area contributed by atoms with Gasteiger partial charge in [-0.15, -0.1) is 0 Å². The van der Waals surface area contributed by atoms with Crippen LogP contribution in [0.4, 0.5) is 0 Å². The first-order valence-corrected chi connectivity index (χ1v) is 8.15. The van der Waals surface area contributed by atoms with Crippen molar-refractivity contribution >= 4 is 16.0 Å². The third kappa shape index (κ3) is 5.82. The second kappa shape index (κ2) is 7.53. The largest absolute Gasteiger partial charge is 0.481 e. The molecular formula is C12H22N4O4S. The molecule has 0 aliphatic rings. The number of aliphatic carboxylic acids is 1. The molecule has 8 nitrogen and oxygen atoms in total. The Morgan fingerprint density at radius 3 is 2.76 bits per heavy atom. The van der Waals surface area contributed by atoms with Crippen LogP contribution in [0.5, 0.6) is 0 Å². The normalized spacial score (nSPS) is 12.2. The fourth-order valence-electron chi connectivity index (χ4n) is 1.51. The van der Waals surface area contributed by atoms with Crippen LogP contribution >= 0.6 is 0 Å². The summed E-state index contributed by atoms with van der Waals surface area (Å²) in [6.07, 6.45) is 2.45. The van der Waals surface area contributed by atoms with Crippen molar-refractivity contribution in [2.75, 3.05) is 20.1 Å². The molecule has 120 valence electrons. The summed E-state index contributed by atoms with van der Waals surface area (Å²) >= 11 is 0. The molecule has 1 aromatic rings. The number of carboxylic acids is 1. The lowest BCUT2D eigenvalue weighted by Crippen LogP contribution is -2.36. The molecule has 1 aromatic heterocycles. The smallest absolute Gasteiger partial charge is 0.305 e. The van der Waals surface area contributed by atoms with Crippen LogP contribution in [0.3, 0.4) is 0 Å². The van der Waals surface area contributed by atoms with Gasteiger partial charge in [-0.05, 0) is 20.9 Å². The van der Waals surface area contributed by atoms with Crippen LogP contribution in [0.15, 0.2) is 17.3 Å². The molecule has 9 heteroatoms. The zero-order chi connectivity index (χ0) is 16.0. The number of carboxylic acid groups (broad SMARTS) is 1. The minimum absolute atomic E-state index is 0.0417. The van der Waals surface area contributed by atoms with Gasteiger partial charge in [-0.1, -0.05) is 0 Å². The van der Waals surface area contributed by atoms with Gasteiger partial charge >= 0.3 is 5.97 Å². The predicted molar refractivity (Wildman–Crippen MR) is 77.4 cm³/mol. The molecule has 0 fully saturated rings. The SMILES string of the molecule is CC(C)N(C)CCNS(=O)(=O)c1cnn(CCC(=O)O)c1. The summed E-state index contributed by atoms with van der Waals surface area (Å²) in [7, 11) is -1.69. The van der Waals surface area contributed by atoms with E-state index >= 15 is 0 Å². The van der Waals surface area contributed by atoms with E-state index in [2.05, 4.69) is 9.82 Å². The van der Waals surface area contributed by atoms with Crippen molar-refractivity contribution < 1.29 is 18.3 Å². The summed E-state index contributed by atoms with van der Waals surface area (Å²) in [6.45, 7) is 5.10. The van der Waals surface area contributed by atoms with Gasteiger partial charge in [0.1, 0.15) is 4.90 Å². The maximum Gasteiger partial charge on any atom is 0.305 e. The zero-order valence-corrected chi connectivity index (χ0v) is 13.3. The zero-order valence-electron chi connectivity index (χ0n) is 12.5. The number of likely N-dealkylation sites (N-methyl/N-ethyl adjacent to an activating group) is 1. The van der Waals surface area contributed by atoms with Crippen LogP contribution in [-0.2, 0) is 21.4 Å². The molecule has 0 aromatic carbocycles. The Labute approximate surface area is 124 Å². The lowest BCUT2D eigenvalue weighted by atomic mass is 10.3. The monoisotopic (exact) mass is 318 g/mol. The Balaban J connectivity index is 2.56. The van der Waals surface area contributed by atoms with E-state index in [-0.39, 0.29) is 17.9 Å². The average molecular weight is 318 g/mol. The highest BCUT2D eigenvalue weighted by atomic mass is 32.2. The van der Waals surface area contributed by atoms with Crippen molar-refractivity contribution in [3.05, 3.63) is 12.4 Å². The molecule has 0 radical (unpaired) electrons. The number of aromatic nitrogens is 2. The molecule has 0 spiro atoms. The van der Waals surface area contributed by atoms with Gasteiger partial charge in [0.25, 0.3) is 0 Å². The van der Waals surface area contributed by atoms with Crippen LogP contribution in [0.25, 0.3) is 0 Å². The number of nitrogens with one attached hydrogen (secondary N) is 1. The van der Waals surface area contributed by atoms with Crippen LogP contribution in [0.2, 0.25) is 0 Å². The van der Waals surface area contributed by atoms with Crippen molar-refractivity contribution in [3.63, 3.8) is 0 Å². The Morgan fingerprint density at radius 1 is 1.52 bits per heavy atom. The Kier molecular flexibility index (Phi) is 6.31. The second-order valence-electron chi connectivity index (χ2n) is 5.05. The number of hydrogen-bond acceptors (Lipinski definition) is 5. The van der Waals surface area contributed by atoms with E-state index in [1.165, 1.54) is 17.1 Å². The Morgan fingerprint density at radius 2 is 2.19 bits per heavy atom. The molecule has 0 saturated heterocycles. The minimum atomic E-state index is -3.61.